The summed E-state index contributed by atoms with van der Waals surface area (Å²) in [5.74, 6) is -0.393. The van der Waals surface area contributed by atoms with E-state index in [1.54, 1.807) is 0 Å². The Labute approximate surface area is 165 Å². The van der Waals surface area contributed by atoms with E-state index in [9.17, 15) is 4.79 Å². The average Bonchev–Trinajstić information content (AvgIpc) is 2.89. The van der Waals surface area contributed by atoms with E-state index in [1.165, 1.54) is 0 Å². The van der Waals surface area contributed by atoms with Crippen molar-refractivity contribution in [2.75, 3.05) is 0 Å². The summed E-state index contributed by atoms with van der Waals surface area (Å²) in [6, 6.07) is 0. The molecule has 0 heterocycles. The Morgan fingerprint density at radius 3 is 2.05 bits per heavy atom. The van der Waals surface area contributed by atoms with Gasteiger partial charge in [0.15, 0.2) is 0 Å². The third kappa shape index (κ3) is 29.3. The minimum absolute atomic E-state index is 0. The largest absolute Gasteiger partial charge is 4.00 e. The summed E-state index contributed by atoms with van der Waals surface area (Å²) in [7, 11) is 0.750. The fourth-order valence-corrected chi connectivity index (χ4v) is 1.31. The van der Waals surface area contributed by atoms with Gasteiger partial charge >= 0.3 is 25.8 Å². The summed E-state index contributed by atoms with van der Waals surface area (Å²) >= 11 is 0. The van der Waals surface area contributed by atoms with Gasteiger partial charge in [-0.05, 0) is 18.8 Å². The van der Waals surface area contributed by atoms with E-state index in [2.05, 4.69) is 32.2 Å². The molecule has 1 rings (SSSR count). The number of amides is 1. The fourth-order valence-electron chi connectivity index (χ4n) is 1.31. The van der Waals surface area contributed by atoms with Gasteiger partial charge in [0, 0.05) is 9.52 Å². The summed E-state index contributed by atoms with van der Waals surface area (Å²) in [6.07, 6.45) is 13.9. The zero-order valence-electron chi connectivity index (χ0n) is 13.6. The summed E-state index contributed by atoms with van der Waals surface area (Å²) in [4.78, 5) is 10.5. The average molecular weight is 516 g/mol. The number of nitrogens with one attached hydrogen (secondary N) is 1. The quantitative estimate of drug-likeness (QED) is 0.328. The van der Waals surface area contributed by atoms with Crippen LogP contribution in [0, 0.1) is 12.0 Å². The van der Waals surface area contributed by atoms with E-state index in [0.29, 0.717) is 0 Å². The van der Waals surface area contributed by atoms with Crippen LogP contribution in [0.25, 0.3) is 5.73 Å². The number of carbonyl (C=O) groups is 1. The molecule has 0 aliphatic heterocycles. The van der Waals surface area contributed by atoms with Gasteiger partial charge in [-0.25, -0.2) is 12.2 Å². The van der Waals surface area contributed by atoms with Gasteiger partial charge in [0.05, 0.1) is 5.91 Å². The molecule has 2 nitrogen and oxygen atoms in total. The standard InChI is InChI=1S/C8H17NO.C5H5.C2H7Si.2ClH.Hf/c1-3-5-6-7(4-2)8(9)10;1-2-4-5-3-1;1-3-2;;;/h7H,3-6H2,1-2H3,(H2,9,10);1-3H,4H2;3H,1-2H3;2*1H;/q;-1;;;;+4/p-3. The molecule has 1 unspecified atom stereocenters. The minimum atomic E-state index is -0.393. The normalized spacial score (nSPS) is 11.2. The molecule has 21 heavy (non-hydrogen) atoms. The third-order valence-electron chi connectivity index (χ3n) is 2.36. The van der Waals surface area contributed by atoms with Crippen molar-refractivity contribution in [3.05, 3.63) is 30.0 Å². The summed E-state index contributed by atoms with van der Waals surface area (Å²) < 4.78 is 0. The van der Waals surface area contributed by atoms with Crippen molar-refractivity contribution in [1.29, 1.82) is 0 Å². The number of unbranched alkanes of at least 4 members (excludes halogenated alkanes) is 1. The van der Waals surface area contributed by atoms with Crippen LogP contribution in [0.4, 0.5) is 0 Å². The van der Waals surface area contributed by atoms with E-state index < -0.39 is 5.91 Å². The van der Waals surface area contributed by atoms with Crippen LogP contribution in [0.1, 0.15) is 46.0 Å². The van der Waals surface area contributed by atoms with Crippen LogP contribution in [-0.2, 0) is 30.6 Å². The maximum absolute atomic E-state index is 10.5. The summed E-state index contributed by atoms with van der Waals surface area (Å²) in [5.41, 5.74) is 6.87. The first kappa shape index (κ1) is 33.3. The Bertz CT molecular complexity index is 242. The molecule has 0 aromatic rings. The number of allylic oxidation sites excluding steroid dienone is 4. The molecule has 0 spiro atoms. The van der Waals surface area contributed by atoms with Crippen LogP contribution in [0.2, 0.25) is 13.1 Å². The van der Waals surface area contributed by atoms with Crippen LogP contribution in [0.15, 0.2) is 18.2 Å². The van der Waals surface area contributed by atoms with Crippen molar-refractivity contribution in [2.45, 2.75) is 59.0 Å². The van der Waals surface area contributed by atoms with E-state index in [-0.39, 0.29) is 56.6 Å². The van der Waals surface area contributed by atoms with Gasteiger partial charge in [-0.15, -0.1) is 6.42 Å². The predicted molar refractivity (Wildman–Crippen MR) is 83.1 cm³/mol. The van der Waals surface area contributed by atoms with Gasteiger partial charge in [-0.1, -0.05) is 39.8 Å². The first-order valence-corrected chi connectivity index (χ1v) is 9.15. The van der Waals surface area contributed by atoms with Crippen molar-refractivity contribution >= 4 is 15.4 Å². The first-order chi connectivity index (χ1) is 8.63. The van der Waals surface area contributed by atoms with Gasteiger partial charge in [-0.3, -0.25) is 6.08 Å². The van der Waals surface area contributed by atoms with Gasteiger partial charge in [0.25, 0.3) is 0 Å². The van der Waals surface area contributed by atoms with Crippen molar-refractivity contribution in [3.8, 4) is 0 Å². The maximum Gasteiger partial charge on any atom is 4.00 e. The fraction of sp³-hybridized carbons (Fsp3) is 0.667. The topological polar surface area (TPSA) is 40.9 Å². The minimum Gasteiger partial charge on any atom is -1.00 e. The Balaban J connectivity index is -0.0000000662. The molecule has 0 bridgehead atoms. The van der Waals surface area contributed by atoms with Gasteiger partial charge in [0.1, 0.15) is 0 Å². The van der Waals surface area contributed by atoms with Crippen LogP contribution < -0.4 is 24.8 Å². The number of carbonyl (C=O) groups excluding carboxylic acids is 1. The zero-order valence-corrected chi connectivity index (χ0v) is 19.8. The number of halogens is 2. The second-order valence-electron chi connectivity index (χ2n) is 4.19. The molecule has 6 heteroatoms. The maximum atomic E-state index is 10.5. The number of hydrogen-bond acceptors (Lipinski definition) is 1. The van der Waals surface area contributed by atoms with E-state index >= 15 is 0 Å². The monoisotopic (exact) mass is 516 g/mol. The van der Waals surface area contributed by atoms with Gasteiger partial charge < -0.3 is 35.3 Å². The molecule has 0 fully saturated rings. The molecule has 0 saturated carbocycles. The molecule has 1 aliphatic carbocycles. The van der Waals surface area contributed by atoms with Crippen LogP contribution >= 0.6 is 0 Å². The van der Waals surface area contributed by atoms with E-state index in [4.69, 9.17) is 5.73 Å². The van der Waals surface area contributed by atoms with E-state index in [1.807, 2.05) is 19.1 Å². The van der Waals surface area contributed by atoms with Crippen molar-refractivity contribution in [3.63, 3.8) is 0 Å². The van der Waals surface area contributed by atoms with Crippen LogP contribution in [0.5, 0.6) is 0 Å². The molecule has 1 atom stereocenters. The molecule has 0 aromatic heterocycles. The molecular weight excluding hydrogens is 488 g/mol. The molecule has 121 valence electrons. The van der Waals surface area contributed by atoms with Gasteiger partial charge in [-0.2, -0.15) is 6.08 Å². The smallest absolute Gasteiger partial charge is 1.00 e. The van der Waals surface area contributed by atoms with Crippen molar-refractivity contribution < 1.29 is 55.5 Å². The Morgan fingerprint density at radius 1 is 1.33 bits per heavy atom. The molecular formula is C15H28Cl2HfNOSi. The summed E-state index contributed by atoms with van der Waals surface area (Å²) in [6.45, 7) is 8.48. The summed E-state index contributed by atoms with van der Waals surface area (Å²) in [5, 5.41) is 0. The first-order valence-electron chi connectivity index (χ1n) is 6.85. The second-order valence-corrected chi connectivity index (χ2v) is 5.35. The SMILES string of the molecule is CCCCC(CC)C([NH-])=O.C[SiH]C.[C-]1=CC=CC1.[Cl-].[Cl-].[Hf+4]. The number of hydrogen-bond donors (Lipinski definition) is 0. The predicted octanol–water partition coefficient (Wildman–Crippen LogP) is -1.39. The van der Waals surface area contributed by atoms with Crippen LogP contribution in [0.3, 0.4) is 0 Å². The van der Waals surface area contributed by atoms with Gasteiger partial charge in [0.2, 0.25) is 0 Å². The Morgan fingerprint density at radius 2 is 1.86 bits per heavy atom. The molecule has 1 amide bonds. The molecule has 1 radical (unpaired) electrons. The molecule has 0 aromatic carbocycles. The molecule has 1 N–H and O–H groups in total. The van der Waals surface area contributed by atoms with Crippen molar-refractivity contribution in [2.24, 2.45) is 5.92 Å². The number of rotatable bonds is 5. The molecule has 1 aliphatic rings. The second kappa shape index (κ2) is 28.7. The van der Waals surface area contributed by atoms with E-state index in [0.717, 1.165) is 41.6 Å². The Kier molecular flexibility index (Phi) is 45.5. The van der Waals surface area contributed by atoms with Crippen LogP contribution in [-0.4, -0.2) is 15.4 Å². The Hall–Kier alpha value is 0.617. The van der Waals surface area contributed by atoms with Crippen molar-refractivity contribution in [1.82, 2.24) is 0 Å². The molecule has 0 saturated heterocycles. The zero-order chi connectivity index (χ0) is 14.2. The third-order valence-corrected chi connectivity index (χ3v) is 2.36.